The molecule has 1 amide bonds. The van der Waals surface area contributed by atoms with Crippen LogP contribution in [0.3, 0.4) is 0 Å². The number of methoxy groups -OCH3 is 1. The van der Waals surface area contributed by atoms with Crippen LogP contribution in [0.2, 0.25) is 0 Å². The van der Waals surface area contributed by atoms with Crippen molar-refractivity contribution in [2.45, 2.75) is 19.8 Å². The maximum Gasteiger partial charge on any atom is 0.251 e. The van der Waals surface area contributed by atoms with Crippen molar-refractivity contribution in [3.63, 3.8) is 0 Å². The van der Waals surface area contributed by atoms with E-state index < -0.39 is 0 Å². The summed E-state index contributed by atoms with van der Waals surface area (Å²) in [6, 6.07) is 5.59. The highest BCUT2D eigenvalue weighted by Gasteiger charge is 2.06. The summed E-state index contributed by atoms with van der Waals surface area (Å²) >= 11 is 0. The van der Waals surface area contributed by atoms with Gasteiger partial charge < -0.3 is 15.8 Å². The largest absolute Gasteiger partial charge is 0.385 e. The van der Waals surface area contributed by atoms with E-state index in [4.69, 9.17) is 10.5 Å². The van der Waals surface area contributed by atoms with E-state index in [1.807, 2.05) is 19.1 Å². The van der Waals surface area contributed by atoms with Gasteiger partial charge in [0.15, 0.2) is 0 Å². The number of amides is 1. The smallest absolute Gasteiger partial charge is 0.251 e. The summed E-state index contributed by atoms with van der Waals surface area (Å²) in [5.74, 6) is 5.68. The van der Waals surface area contributed by atoms with Crippen LogP contribution in [0.15, 0.2) is 18.2 Å². The lowest BCUT2D eigenvalue weighted by atomic mass is 10.1. The molecule has 3 N–H and O–H groups in total. The van der Waals surface area contributed by atoms with E-state index in [2.05, 4.69) is 17.2 Å². The first kappa shape index (κ1) is 16.2. The molecule has 0 fully saturated rings. The lowest BCUT2D eigenvalue weighted by Gasteiger charge is -2.06. The van der Waals surface area contributed by atoms with Gasteiger partial charge in [0.1, 0.15) is 0 Å². The van der Waals surface area contributed by atoms with Crippen LogP contribution in [0, 0.1) is 18.8 Å². The molecule has 1 aromatic rings. The van der Waals surface area contributed by atoms with Gasteiger partial charge >= 0.3 is 0 Å². The van der Waals surface area contributed by atoms with E-state index in [1.54, 1.807) is 13.2 Å². The van der Waals surface area contributed by atoms with Gasteiger partial charge in [-0.05, 0) is 43.5 Å². The summed E-state index contributed by atoms with van der Waals surface area (Å²) in [5.41, 5.74) is 7.82. The number of carbonyl (C=O) groups excluding carboxylic acids is 1. The second-order valence-corrected chi connectivity index (χ2v) is 4.55. The Hall–Kier alpha value is -1.83. The van der Waals surface area contributed by atoms with Gasteiger partial charge in [-0.1, -0.05) is 11.8 Å². The molecule has 1 rings (SSSR count). The van der Waals surface area contributed by atoms with Crippen LogP contribution in [-0.2, 0) is 4.74 Å². The van der Waals surface area contributed by atoms with Crippen LogP contribution in [0.25, 0.3) is 0 Å². The van der Waals surface area contributed by atoms with Crippen LogP contribution in [0.4, 0.5) is 0 Å². The molecule has 0 unspecified atom stereocenters. The number of rotatable bonds is 6. The molecule has 0 aliphatic rings. The van der Waals surface area contributed by atoms with Gasteiger partial charge in [0.05, 0.1) is 6.54 Å². The summed E-state index contributed by atoms with van der Waals surface area (Å²) in [6.45, 7) is 3.64. The Morgan fingerprint density at radius 3 is 2.85 bits per heavy atom. The first-order chi connectivity index (χ1) is 9.67. The van der Waals surface area contributed by atoms with Crippen molar-refractivity contribution in [1.82, 2.24) is 5.32 Å². The number of aryl methyl sites for hydroxylation is 1. The number of ether oxygens (including phenoxy) is 1. The predicted molar refractivity (Wildman–Crippen MR) is 80.6 cm³/mol. The third-order valence-electron chi connectivity index (χ3n) is 2.74. The van der Waals surface area contributed by atoms with E-state index in [1.165, 1.54) is 0 Å². The molecule has 0 spiro atoms. The minimum Gasteiger partial charge on any atom is -0.385 e. The van der Waals surface area contributed by atoms with Crippen molar-refractivity contribution >= 4 is 5.91 Å². The highest BCUT2D eigenvalue weighted by atomic mass is 16.5. The van der Waals surface area contributed by atoms with Crippen molar-refractivity contribution in [3.8, 4) is 11.8 Å². The van der Waals surface area contributed by atoms with Crippen molar-refractivity contribution in [1.29, 1.82) is 0 Å². The molecule has 0 aliphatic heterocycles. The Morgan fingerprint density at radius 1 is 1.35 bits per heavy atom. The lowest BCUT2D eigenvalue weighted by molar-refractivity contribution is 0.0951. The SMILES string of the molecule is COCCCCNC(=O)c1cc(C)cc(C#CCN)c1. The molecule has 0 saturated carbocycles. The van der Waals surface area contributed by atoms with Gasteiger partial charge in [0, 0.05) is 31.4 Å². The summed E-state index contributed by atoms with van der Waals surface area (Å²) in [5, 5.41) is 2.90. The second kappa shape index (κ2) is 9.13. The van der Waals surface area contributed by atoms with Crippen LogP contribution in [0.5, 0.6) is 0 Å². The number of nitrogens with one attached hydrogen (secondary N) is 1. The average Bonchev–Trinajstić information content (AvgIpc) is 2.44. The number of hydrogen-bond acceptors (Lipinski definition) is 3. The van der Waals surface area contributed by atoms with Crippen molar-refractivity contribution in [3.05, 3.63) is 34.9 Å². The average molecular weight is 274 g/mol. The molecule has 20 heavy (non-hydrogen) atoms. The number of carbonyl (C=O) groups is 1. The van der Waals surface area contributed by atoms with Crippen molar-refractivity contribution in [2.75, 3.05) is 26.8 Å². The zero-order chi connectivity index (χ0) is 14.8. The van der Waals surface area contributed by atoms with Gasteiger partial charge in [-0.25, -0.2) is 0 Å². The van der Waals surface area contributed by atoms with Gasteiger partial charge in [-0.2, -0.15) is 0 Å². The first-order valence-electron chi connectivity index (χ1n) is 6.75. The fourth-order valence-corrected chi connectivity index (χ4v) is 1.81. The molecule has 4 nitrogen and oxygen atoms in total. The van der Waals surface area contributed by atoms with Crippen LogP contribution in [-0.4, -0.2) is 32.7 Å². The predicted octanol–water partition coefficient (Wildman–Crippen LogP) is 1.46. The van der Waals surface area contributed by atoms with E-state index in [-0.39, 0.29) is 5.91 Å². The minimum atomic E-state index is -0.0677. The maximum absolute atomic E-state index is 12.0. The molecule has 1 aromatic carbocycles. The number of nitrogens with two attached hydrogens (primary N) is 1. The minimum absolute atomic E-state index is 0.0677. The van der Waals surface area contributed by atoms with E-state index >= 15 is 0 Å². The lowest BCUT2D eigenvalue weighted by Crippen LogP contribution is -2.24. The zero-order valence-electron chi connectivity index (χ0n) is 12.2. The molecular formula is C16H22N2O2. The Balaban J connectivity index is 2.61. The maximum atomic E-state index is 12.0. The monoisotopic (exact) mass is 274 g/mol. The topological polar surface area (TPSA) is 64.3 Å². The Morgan fingerprint density at radius 2 is 2.15 bits per heavy atom. The highest BCUT2D eigenvalue weighted by Crippen LogP contribution is 2.09. The second-order valence-electron chi connectivity index (χ2n) is 4.55. The molecule has 0 saturated heterocycles. The molecule has 0 atom stereocenters. The fraction of sp³-hybridized carbons (Fsp3) is 0.438. The summed E-state index contributed by atoms with van der Waals surface area (Å²) < 4.78 is 4.96. The van der Waals surface area contributed by atoms with Gasteiger partial charge in [-0.3, -0.25) is 4.79 Å². The molecule has 4 heteroatoms. The standard InChI is InChI=1S/C16H22N2O2/c1-13-10-14(6-5-7-17)12-15(11-13)16(19)18-8-3-4-9-20-2/h10-12H,3-4,7-9,17H2,1-2H3,(H,18,19). The normalized spacial score (nSPS) is 9.75. The van der Waals surface area contributed by atoms with Crippen LogP contribution < -0.4 is 11.1 Å². The third-order valence-corrected chi connectivity index (χ3v) is 2.74. The third kappa shape index (κ3) is 5.87. The van der Waals surface area contributed by atoms with Crippen LogP contribution in [0.1, 0.15) is 34.3 Å². The van der Waals surface area contributed by atoms with Crippen molar-refractivity contribution < 1.29 is 9.53 Å². The summed E-state index contributed by atoms with van der Waals surface area (Å²) in [7, 11) is 1.68. The summed E-state index contributed by atoms with van der Waals surface area (Å²) in [4.78, 5) is 12.0. The highest BCUT2D eigenvalue weighted by molar-refractivity contribution is 5.94. The Kier molecular flexibility index (Phi) is 7.41. The molecule has 0 radical (unpaired) electrons. The molecular weight excluding hydrogens is 252 g/mol. The quantitative estimate of drug-likeness (QED) is 0.610. The Bertz CT molecular complexity index is 501. The fourth-order valence-electron chi connectivity index (χ4n) is 1.81. The molecule has 108 valence electrons. The van der Waals surface area contributed by atoms with Crippen molar-refractivity contribution in [2.24, 2.45) is 5.73 Å². The van der Waals surface area contributed by atoms with Gasteiger partial charge in [0.25, 0.3) is 5.91 Å². The number of benzene rings is 1. The molecule has 0 heterocycles. The number of unbranched alkanes of at least 4 members (excludes halogenated alkanes) is 1. The summed E-state index contributed by atoms with van der Waals surface area (Å²) in [6.07, 6.45) is 1.85. The number of hydrogen-bond donors (Lipinski definition) is 2. The van der Waals surface area contributed by atoms with Gasteiger partial charge in [-0.15, -0.1) is 0 Å². The van der Waals surface area contributed by atoms with Gasteiger partial charge in [0.2, 0.25) is 0 Å². The van der Waals surface area contributed by atoms with E-state index in [0.29, 0.717) is 18.7 Å². The molecule has 0 aliphatic carbocycles. The van der Waals surface area contributed by atoms with E-state index in [0.717, 1.165) is 30.6 Å². The molecule has 0 bridgehead atoms. The van der Waals surface area contributed by atoms with Crippen LogP contribution >= 0.6 is 0 Å². The molecule has 0 aromatic heterocycles. The first-order valence-corrected chi connectivity index (χ1v) is 6.75. The van der Waals surface area contributed by atoms with E-state index in [9.17, 15) is 4.79 Å². The zero-order valence-corrected chi connectivity index (χ0v) is 12.2. The Labute approximate surface area is 120 Å².